The summed E-state index contributed by atoms with van der Waals surface area (Å²) in [7, 11) is 1.58. The van der Waals surface area contributed by atoms with Gasteiger partial charge in [-0.1, -0.05) is 0 Å². The molecular formula is C9H14N4O. The Hall–Kier alpha value is -1.36. The predicted octanol–water partition coefficient (Wildman–Crippen LogP) is 0.0226. The topological polar surface area (TPSA) is 64.3 Å². The van der Waals surface area contributed by atoms with Gasteiger partial charge in [-0.3, -0.25) is 0 Å². The first-order valence-electron chi connectivity index (χ1n) is 4.68. The summed E-state index contributed by atoms with van der Waals surface area (Å²) in [4.78, 5) is 2.14. The summed E-state index contributed by atoms with van der Waals surface area (Å²) < 4.78 is 4.94. The fourth-order valence-corrected chi connectivity index (χ4v) is 1.59. The molecule has 0 amide bonds. The Labute approximate surface area is 82.9 Å². The van der Waals surface area contributed by atoms with Crippen molar-refractivity contribution in [2.24, 2.45) is 5.73 Å². The number of hydrogen-bond acceptors (Lipinski definition) is 5. The summed E-state index contributed by atoms with van der Waals surface area (Å²) in [5, 5.41) is 7.97. The van der Waals surface area contributed by atoms with Crippen molar-refractivity contribution in [2.45, 2.75) is 12.5 Å². The number of ether oxygens (including phenoxy) is 1. The molecule has 1 aliphatic rings. The molecule has 0 radical (unpaired) electrons. The summed E-state index contributed by atoms with van der Waals surface area (Å²) in [6, 6.07) is 3.98. The quantitative estimate of drug-likeness (QED) is 0.719. The number of nitrogens with two attached hydrogens (primary N) is 1. The van der Waals surface area contributed by atoms with Crippen molar-refractivity contribution in [3.8, 4) is 5.88 Å². The van der Waals surface area contributed by atoms with Gasteiger partial charge in [-0.2, -0.15) is 0 Å². The zero-order valence-electron chi connectivity index (χ0n) is 8.18. The number of rotatable bonds is 2. The lowest BCUT2D eigenvalue weighted by Crippen LogP contribution is -2.26. The van der Waals surface area contributed by atoms with Gasteiger partial charge in [0.15, 0.2) is 5.82 Å². The maximum Gasteiger partial charge on any atom is 0.233 e. The fourth-order valence-electron chi connectivity index (χ4n) is 1.59. The van der Waals surface area contributed by atoms with Crippen molar-refractivity contribution < 1.29 is 4.74 Å². The Kier molecular flexibility index (Phi) is 2.49. The van der Waals surface area contributed by atoms with E-state index < -0.39 is 0 Å². The Morgan fingerprint density at radius 2 is 2.36 bits per heavy atom. The molecule has 0 aliphatic carbocycles. The highest BCUT2D eigenvalue weighted by Crippen LogP contribution is 2.17. The fraction of sp³-hybridized carbons (Fsp3) is 0.556. The molecule has 76 valence electrons. The Balaban J connectivity index is 2.09. The van der Waals surface area contributed by atoms with Crippen molar-refractivity contribution >= 4 is 5.82 Å². The molecular weight excluding hydrogens is 180 g/mol. The zero-order valence-corrected chi connectivity index (χ0v) is 8.18. The molecule has 0 saturated carbocycles. The molecule has 2 heterocycles. The SMILES string of the molecule is COc1ccc(N2CCC(N)C2)nn1. The summed E-state index contributed by atoms with van der Waals surface area (Å²) in [6.45, 7) is 1.82. The first kappa shape index (κ1) is 9.21. The molecule has 0 aromatic carbocycles. The molecule has 1 unspecified atom stereocenters. The minimum atomic E-state index is 0.263. The Bertz CT molecular complexity index is 300. The average molecular weight is 194 g/mol. The third-order valence-corrected chi connectivity index (χ3v) is 2.38. The van der Waals surface area contributed by atoms with E-state index in [4.69, 9.17) is 10.5 Å². The molecule has 1 fully saturated rings. The highest BCUT2D eigenvalue weighted by Gasteiger charge is 2.20. The molecule has 1 atom stereocenters. The lowest BCUT2D eigenvalue weighted by atomic mass is 10.3. The summed E-state index contributed by atoms with van der Waals surface area (Å²) >= 11 is 0. The number of anilines is 1. The van der Waals surface area contributed by atoms with Crippen LogP contribution in [-0.2, 0) is 0 Å². The van der Waals surface area contributed by atoms with E-state index in [2.05, 4.69) is 15.1 Å². The van der Waals surface area contributed by atoms with Crippen molar-refractivity contribution in [2.75, 3.05) is 25.1 Å². The van der Waals surface area contributed by atoms with E-state index in [-0.39, 0.29) is 6.04 Å². The van der Waals surface area contributed by atoms with Crippen LogP contribution >= 0.6 is 0 Å². The summed E-state index contributed by atoms with van der Waals surface area (Å²) in [5.74, 6) is 1.41. The van der Waals surface area contributed by atoms with E-state index in [0.29, 0.717) is 5.88 Å². The van der Waals surface area contributed by atoms with E-state index in [1.54, 1.807) is 7.11 Å². The first-order valence-corrected chi connectivity index (χ1v) is 4.68. The highest BCUT2D eigenvalue weighted by molar-refractivity contribution is 5.39. The van der Waals surface area contributed by atoms with Crippen LogP contribution in [0, 0.1) is 0 Å². The number of nitrogens with zero attached hydrogens (tertiary/aromatic N) is 3. The Morgan fingerprint density at radius 3 is 2.86 bits per heavy atom. The van der Waals surface area contributed by atoms with E-state index in [9.17, 15) is 0 Å². The second-order valence-corrected chi connectivity index (χ2v) is 3.43. The lowest BCUT2D eigenvalue weighted by molar-refractivity contribution is 0.392. The number of hydrogen-bond donors (Lipinski definition) is 1. The van der Waals surface area contributed by atoms with Crippen LogP contribution in [0.25, 0.3) is 0 Å². The molecule has 2 rings (SSSR count). The zero-order chi connectivity index (χ0) is 9.97. The van der Waals surface area contributed by atoms with Crippen LogP contribution in [0.1, 0.15) is 6.42 Å². The van der Waals surface area contributed by atoms with Gasteiger partial charge >= 0.3 is 0 Å². The van der Waals surface area contributed by atoms with Gasteiger partial charge in [0.25, 0.3) is 0 Å². The lowest BCUT2D eigenvalue weighted by Gasteiger charge is -2.15. The molecule has 5 nitrogen and oxygen atoms in total. The minimum Gasteiger partial charge on any atom is -0.480 e. The molecule has 1 saturated heterocycles. The van der Waals surface area contributed by atoms with Crippen molar-refractivity contribution in [3.05, 3.63) is 12.1 Å². The van der Waals surface area contributed by atoms with Gasteiger partial charge in [0.2, 0.25) is 5.88 Å². The summed E-state index contributed by atoms with van der Waals surface area (Å²) in [6.07, 6.45) is 1.02. The largest absolute Gasteiger partial charge is 0.480 e. The van der Waals surface area contributed by atoms with Gasteiger partial charge in [-0.05, 0) is 12.5 Å². The standard InChI is InChI=1S/C9H14N4O/c1-14-9-3-2-8(11-12-9)13-5-4-7(10)6-13/h2-3,7H,4-6,10H2,1H3. The molecule has 1 aliphatic heterocycles. The maximum absolute atomic E-state index is 5.80. The van der Waals surface area contributed by atoms with Crippen LogP contribution in [0.5, 0.6) is 5.88 Å². The van der Waals surface area contributed by atoms with Crippen LogP contribution in [0.4, 0.5) is 5.82 Å². The van der Waals surface area contributed by atoms with E-state index >= 15 is 0 Å². The van der Waals surface area contributed by atoms with Crippen LogP contribution in [0.2, 0.25) is 0 Å². The smallest absolute Gasteiger partial charge is 0.233 e. The van der Waals surface area contributed by atoms with Crippen molar-refractivity contribution in [1.82, 2.24) is 10.2 Å². The molecule has 0 bridgehead atoms. The molecule has 1 aromatic heterocycles. The first-order chi connectivity index (χ1) is 6.79. The van der Waals surface area contributed by atoms with Gasteiger partial charge in [0, 0.05) is 25.2 Å². The number of aromatic nitrogens is 2. The van der Waals surface area contributed by atoms with Crippen LogP contribution in [-0.4, -0.2) is 36.4 Å². The summed E-state index contributed by atoms with van der Waals surface area (Å²) in [5.41, 5.74) is 5.80. The van der Waals surface area contributed by atoms with Crippen molar-refractivity contribution in [1.29, 1.82) is 0 Å². The average Bonchev–Trinajstić information content (AvgIpc) is 2.65. The molecule has 2 N–H and O–H groups in total. The molecule has 1 aromatic rings. The third kappa shape index (κ3) is 1.77. The van der Waals surface area contributed by atoms with Crippen LogP contribution in [0.15, 0.2) is 12.1 Å². The predicted molar refractivity (Wildman–Crippen MR) is 53.4 cm³/mol. The normalized spacial score (nSPS) is 21.3. The van der Waals surface area contributed by atoms with Crippen molar-refractivity contribution in [3.63, 3.8) is 0 Å². The van der Waals surface area contributed by atoms with E-state index in [0.717, 1.165) is 25.3 Å². The molecule has 5 heteroatoms. The monoisotopic (exact) mass is 194 g/mol. The number of methoxy groups -OCH3 is 1. The second kappa shape index (κ2) is 3.79. The maximum atomic E-state index is 5.80. The van der Waals surface area contributed by atoms with Gasteiger partial charge in [0.05, 0.1) is 7.11 Å². The molecule has 14 heavy (non-hydrogen) atoms. The van der Waals surface area contributed by atoms with E-state index in [1.165, 1.54) is 0 Å². The second-order valence-electron chi connectivity index (χ2n) is 3.43. The molecule has 0 spiro atoms. The van der Waals surface area contributed by atoms with Gasteiger partial charge in [-0.25, -0.2) is 0 Å². The third-order valence-electron chi connectivity index (χ3n) is 2.38. The van der Waals surface area contributed by atoms with Crippen LogP contribution < -0.4 is 15.4 Å². The van der Waals surface area contributed by atoms with Gasteiger partial charge in [-0.15, -0.1) is 10.2 Å². The minimum absolute atomic E-state index is 0.263. The Morgan fingerprint density at radius 1 is 1.50 bits per heavy atom. The highest BCUT2D eigenvalue weighted by atomic mass is 16.5. The van der Waals surface area contributed by atoms with Gasteiger partial charge in [0.1, 0.15) is 0 Å². The van der Waals surface area contributed by atoms with Gasteiger partial charge < -0.3 is 15.4 Å². The van der Waals surface area contributed by atoms with Crippen LogP contribution in [0.3, 0.4) is 0 Å². The van der Waals surface area contributed by atoms with E-state index in [1.807, 2.05) is 12.1 Å².